The molecular formula is C20H18N2O2. The third-order valence-electron chi connectivity index (χ3n) is 4.36. The summed E-state index contributed by atoms with van der Waals surface area (Å²) in [6, 6.07) is 19.4. The molecule has 0 bridgehead atoms. The number of benzene rings is 2. The third kappa shape index (κ3) is 2.36. The standard InChI is InChI=1S/C20H18N2O2/c1-2-14-9-11-15(12-10-14)22-19(18-8-5-13-24-18)21-17-7-4-3-6-16(17)20(22)23/h3-13,19,21H,2H2,1H3/t19-/m1/s1. The van der Waals surface area contributed by atoms with Gasteiger partial charge in [-0.25, -0.2) is 0 Å². The van der Waals surface area contributed by atoms with Gasteiger partial charge in [-0.05, 0) is 48.4 Å². The molecule has 120 valence electrons. The molecule has 3 aromatic rings. The van der Waals surface area contributed by atoms with E-state index in [9.17, 15) is 4.79 Å². The highest BCUT2D eigenvalue weighted by molar-refractivity contribution is 6.12. The quantitative estimate of drug-likeness (QED) is 0.767. The van der Waals surface area contributed by atoms with Crippen molar-refractivity contribution in [2.75, 3.05) is 10.2 Å². The lowest BCUT2D eigenvalue weighted by molar-refractivity contribution is 0.0972. The summed E-state index contributed by atoms with van der Waals surface area (Å²) in [4.78, 5) is 14.9. The lowest BCUT2D eigenvalue weighted by atomic mass is 10.0. The lowest BCUT2D eigenvalue weighted by Gasteiger charge is -2.36. The predicted octanol–water partition coefficient (Wildman–Crippen LogP) is 4.61. The molecule has 0 aliphatic carbocycles. The van der Waals surface area contributed by atoms with Gasteiger partial charge < -0.3 is 9.73 Å². The van der Waals surface area contributed by atoms with Gasteiger partial charge in [0.15, 0.2) is 6.17 Å². The number of fused-ring (bicyclic) bond motifs is 1. The van der Waals surface area contributed by atoms with E-state index in [1.165, 1.54) is 5.56 Å². The van der Waals surface area contributed by atoms with Crippen molar-refractivity contribution in [1.82, 2.24) is 0 Å². The number of nitrogens with zero attached hydrogens (tertiary/aromatic N) is 1. The molecule has 2 aromatic carbocycles. The Labute approximate surface area is 140 Å². The van der Waals surface area contributed by atoms with E-state index in [4.69, 9.17) is 4.42 Å². The van der Waals surface area contributed by atoms with E-state index < -0.39 is 0 Å². The van der Waals surface area contributed by atoms with Crippen molar-refractivity contribution in [1.29, 1.82) is 0 Å². The maximum Gasteiger partial charge on any atom is 0.262 e. The number of nitrogens with one attached hydrogen (secondary N) is 1. The zero-order valence-corrected chi connectivity index (χ0v) is 13.4. The largest absolute Gasteiger partial charge is 0.465 e. The van der Waals surface area contributed by atoms with Gasteiger partial charge in [-0.1, -0.05) is 31.2 Å². The minimum atomic E-state index is -0.366. The molecule has 1 aliphatic heterocycles. The highest BCUT2D eigenvalue weighted by Gasteiger charge is 2.35. The highest BCUT2D eigenvalue weighted by Crippen LogP contribution is 2.36. The fourth-order valence-corrected chi connectivity index (χ4v) is 3.06. The van der Waals surface area contributed by atoms with Crippen molar-refractivity contribution in [2.45, 2.75) is 19.5 Å². The number of hydrogen-bond acceptors (Lipinski definition) is 3. The Balaban J connectivity index is 1.82. The fourth-order valence-electron chi connectivity index (χ4n) is 3.06. The zero-order valence-electron chi connectivity index (χ0n) is 13.4. The van der Waals surface area contributed by atoms with Crippen LogP contribution in [0.1, 0.15) is 34.8 Å². The van der Waals surface area contributed by atoms with Gasteiger partial charge >= 0.3 is 0 Å². The van der Waals surface area contributed by atoms with Gasteiger partial charge in [-0.3, -0.25) is 9.69 Å². The summed E-state index contributed by atoms with van der Waals surface area (Å²) in [5.41, 5.74) is 3.58. The Morgan fingerprint density at radius 1 is 1.04 bits per heavy atom. The van der Waals surface area contributed by atoms with Crippen molar-refractivity contribution < 1.29 is 9.21 Å². The second-order valence-corrected chi connectivity index (χ2v) is 5.80. The number of carbonyl (C=O) groups is 1. The summed E-state index contributed by atoms with van der Waals surface area (Å²) in [5.74, 6) is 0.674. The number of para-hydroxylation sites is 1. The van der Waals surface area contributed by atoms with Crippen LogP contribution in [-0.2, 0) is 6.42 Å². The van der Waals surface area contributed by atoms with E-state index in [-0.39, 0.29) is 12.1 Å². The Morgan fingerprint density at radius 2 is 1.83 bits per heavy atom. The third-order valence-corrected chi connectivity index (χ3v) is 4.36. The van der Waals surface area contributed by atoms with Crippen LogP contribution in [0.5, 0.6) is 0 Å². The second kappa shape index (κ2) is 5.89. The Morgan fingerprint density at radius 3 is 2.54 bits per heavy atom. The first-order valence-electron chi connectivity index (χ1n) is 8.09. The van der Waals surface area contributed by atoms with Crippen LogP contribution in [0.2, 0.25) is 0 Å². The van der Waals surface area contributed by atoms with E-state index in [0.29, 0.717) is 11.3 Å². The topological polar surface area (TPSA) is 45.5 Å². The maximum absolute atomic E-state index is 13.1. The predicted molar refractivity (Wildman–Crippen MR) is 94.1 cm³/mol. The van der Waals surface area contributed by atoms with E-state index in [1.54, 1.807) is 11.2 Å². The van der Waals surface area contributed by atoms with Crippen LogP contribution in [-0.4, -0.2) is 5.91 Å². The summed E-state index contributed by atoms with van der Waals surface area (Å²) in [7, 11) is 0. The van der Waals surface area contributed by atoms with Gasteiger partial charge in [0.25, 0.3) is 5.91 Å². The Bertz CT molecular complexity index is 854. The first-order valence-corrected chi connectivity index (χ1v) is 8.09. The Hall–Kier alpha value is -3.01. The first-order chi connectivity index (χ1) is 11.8. The molecule has 2 heterocycles. The Kier molecular flexibility index (Phi) is 3.58. The highest BCUT2D eigenvalue weighted by atomic mass is 16.3. The molecule has 0 fully saturated rings. The average molecular weight is 318 g/mol. The lowest BCUT2D eigenvalue weighted by Crippen LogP contribution is -2.43. The van der Waals surface area contributed by atoms with Crippen LogP contribution in [0.15, 0.2) is 71.3 Å². The van der Waals surface area contributed by atoms with Gasteiger partial charge in [0.1, 0.15) is 5.76 Å². The van der Waals surface area contributed by atoms with Crippen LogP contribution in [0.3, 0.4) is 0 Å². The zero-order chi connectivity index (χ0) is 16.5. The van der Waals surface area contributed by atoms with E-state index >= 15 is 0 Å². The van der Waals surface area contributed by atoms with E-state index in [1.807, 2.05) is 48.5 Å². The molecule has 0 saturated carbocycles. The fraction of sp³-hybridized carbons (Fsp3) is 0.150. The summed E-state index contributed by atoms with van der Waals surface area (Å²) in [5, 5.41) is 3.42. The second-order valence-electron chi connectivity index (χ2n) is 5.80. The van der Waals surface area contributed by atoms with Crippen molar-refractivity contribution >= 4 is 17.3 Å². The number of furan rings is 1. The molecule has 1 amide bonds. The van der Waals surface area contributed by atoms with Gasteiger partial charge in [-0.2, -0.15) is 0 Å². The van der Waals surface area contributed by atoms with Crippen LogP contribution in [0.25, 0.3) is 0 Å². The van der Waals surface area contributed by atoms with E-state index in [2.05, 4.69) is 24.4 Å². The first kappa shape index (κ1) is 14.6. The minimum Gasteiger partial charge on any atom is -0.465 e. The van der Waals surface area contributed by atoms with Gasteiger partial charge in [0, 0.05) is 11.4 Å². The molecule has 0 radical (unpaired) electrons. The average Bonchev–Trinajstić information content (AvgIpc) is 3.16. The summed E-state index contributed by atoms with van der Waals surface area (Å²) in [6.07, 6.45) is 2.23. The van der Waals surface area contributed by atoms with Crippen LogP contribution in [0.4, 0.5) is 11.4 Å². The van der Waals surface area contributed by atoms with Crippen molar-refractivity contribution in [3.8, 4) is 0 Å². The van der Waals surface area contributed by atoms with Crippen molar-refractivity contribution in [2.24, 2.45) is 0 Å². The normalized spacial score (nSPS) is 16.6. The van der Waals surface area contributed by atoms with Gasteiger partial charge in [0.2, 0.25) is 0 Å². The monoisotopic (exact) mass is 318 g/mol. The SMILES string of the molecule is CCc1ccc(N2C(=O)c3ccccc3N[C@H]2c2ccco2)cc1. The molecule has 1 aromatic heterocycles. The summed E-state index contributed by atoms with van der Waals surface area (Å²) in [6.45, 7) is 2.12. The molecule has 0 saturated heterocycles. The number of rotatable bonds is 3. The summed E-state index contributed by atoms with van der Waals surface area (Å²) >= 11 is 0. The van der Waals surface area contributed by atoms with Crippen molar-refractivity contribution in [3.63, 3.8) is 0 Å². The number of anilines is 2. The smallest absolute Gasteiger partial charge is 0.262 e. The molecule has 0 spiro atoms. The van der Waals surface area contributed by atoms with Crippen LogP contribution in [0, 0.1) is 0 Å². The number of carbonyl (C=O) groups excluding carboxylic acids is 1. The molecule has 0 unspecified atom stereocenters. The summed E-state index contributed by atoms with van der Waals surface area (Å²) < 4.78 is 5.58. The molecule has 4 rings (SSSR count). The van der Waals surface area contributed by atoms with Crippen molar-refractivity contribution in [3.05, 3.63) is 83.8 Å². The number of aryl methyl sites for hydroxylation is 1. The van der Waals surface area contributed by atoms with E-state index in [0.717, 1.165) is 17.8 Å². The van der Waals surface area contributed by atoms with Gasteiger partial charge in [0.05, 0.1) is 11.8 Å². The number of amides is 1. The van der Waals surface area contributed by atoms with Gasteiger partial charge in [-0.15, -0.1) is 0 Å². The molecule has 4 heteroatoms. The maximum atomic E-state index is 13.1. The molecule has 1 N–H and O–H groups in total. The van der Waals surface area contributed by atoms with Crippen LogP contribution >= 0.6 is 0 Å². The molecular weight excluding hydrogens is 300 g/mol. The molecule has 24 heavy (non-hydrogen) atoms. The number of hydrogen-bond donors (Lipinski definition) is 1. The molecule has 1 atom stereocenters. The minimum absolute atomic E-state index is 0.0324. The molecule has 1 aliphatic rings. The molecule has 4 nitrogen and oxygen atoms in total. The van der Waals surface area contributed by atoms with Crippen LogP contribution < -0.4 is 10.2 Å².